The molecular weight excluding hydrogens is 368 g/mol. The number of guanidine groups is 1. The second-order valence-electron chi connectivity index (χ2n) is 5.30. The molecule has 10 N–H and O–H groups in total. The zero-order valence-corrected chi connectivity index (χ0v) is 14.8. The van der Waals surface area contributed by atoms with E-state index in [1.165, 1.54) is 0 Å². The van der Waals surface area contributed by atoms with Gasteiger partial charge in [-0.2, -0.15) is 12.6 Å². The third-order valence-corrected chi connectivity index (χ3v) is 3.48. The Kier molecular flexibility index (Phi) is 10.8. The second-order valence-corrected chi connectivity index (χ2v) is 5.66. The van der Waals surface area contributed by atoms with E-state index in [2.05, 4.69) is 28.3 Å². The normalized spacial score (nSPS) is 13.8. The minimum Gasteiger partial charge on any atom is -0.481 e. The molecule has 2 amide bonds. The molecule has 0 aromatic heterocycles. The average Bonchev–Trinajstić information content (AvgIpc) is 2.54. The highest BCUT2D eigenvalue weighted by Gasteiger charge is 2.29. The number of aliphatic imine (C=N–C) groups is 1. The molecule has 0 heterocycles. The molecule has 0 aliphatic rings. The molecule has 26 heavy (non-hydrogen) atoms. The van der Waals surface area contributed by atoms with Gasteiger partial charge in [-0.05, 0) is 12.8 Å². The Morgan fingerprint density at radius 3 is 2.08 bits per heavy atom. The number of amides is 2. The minimum atomic E-state index is -1.48. The summed E-state index contributed by atoms with van der Waals surface area (Å²) in [4.78, 5) is 49.6. The summed E-state index contributed by atoms with van der Waals surface area (Å²) in [5.41, 5.74) is 16.0. The third kappa shape index (κ3) is 9.68. The van der Waals surface area contributed by atoms with Crippen LogP contribution in [0.2, 0.25) is 0 Å². The Labute approximate surface area is 155 Å². The molecule has 148 valence electrons. The fourth-order valence-electron chi connectivity index (χ4n) is 1.77. The fourth-order valence-corrected chi connectivity index (χ4v) is 2.02. The lowest BCUT2D eigenvalue weighted by Gasteiger charge is -2.21. The molecule has 0 rings (SSSR count). The van der Waals surface area contributed by atoms with Crippen LogP contribution in [0.4, 0.5) is 0 Å². The van der Waals surface area contributed by atoms with Gasteiger partial charge in [0, 0.05) is 12.3 Å². The molecule has 0 aromatic carbocycles. The smallest absolute Gasteiger partial charge is 0.327 e. The zero-order chi connectivity index (χ0) is 20.3. The molecule has 13 heteroatoms. The van der Waals surface area contributed by atoms with Gasteiger partial charge in [0.25, 0.3) is 0 Å². The number of nitrogens with zero attached hydrogens (tertiary/aromatic N) is 1. The summed E-state index contributed by atoms with van der Waals surface area (Å²) < 4.78 is 0. The van der Waals surface area contributed by atoms with Gasteiger partial charge in [0.1, 0.15) is 12.1 Å². The largest absolute Gasteiger partial charge is 0.481 e. The van der Waals surface area contributed by atoms with Gasteiger partial charge < -0.3 is 38.0 Å². The van der Waals surface area contributed by atoms with E-state index in [0.29, 0.717) is 6.42 Å². The SMILES string of the molecule is NC(N)=NCCC[C@H](N)C(=O)N[C@@H](CC(=O)O)C(=O)N[C@@H](CS)C(=O)O. The van der Waals surface area contributed by atoms with E-state index in [4.69, 9.17) is 27.4 Å². The number of aliphatic carboxylic acids is 2. The van der Waals surface area contributed by atoms with Gasteiger partial charge in [-0.15, -0.1) is 0 Å². The first-order chi connectivity index (χ1) is 12.1. The van der Waals surface area contributed by atoms with E-state index in [1.54, 1.807) is 0 Å². The van der Waals surface area contributed by atoms with Crippen LogP contribution in [0.1, 0.15) is 19.3 Å². The van der Waals surface area contributed by atoms with E-state index in [0.717, 1.165) is 0 Å². The first kappa shape index (κ1) is 23.5. The van der Waals surface area contributed by atoms with Crippen molar-refractivity contribution in [3.8, 4) is 0 Å². The van der Waals surface area contributed by atoms with Gasteiger partial charge in [0.2, 0.25) is 11.8 Å². The molecule has 0 aliphatic carbocycles. The standard InChI is InChI=1S/C13H24N6O6S/c14-6(2-1-3-17-13(15)16)10(22)18-7(4-9(20)21)11(23)19-8(5-26)12(24)25/h6-8,26H,1-5,14H2,(H,18,22)(H,19,23)(H,20,21)(H,24,25)(H4,15,16,17)/t6-,7-,8-/m0/s1. The maximum atomic E-state index is 12.1. The topological polar surface area (TPSA) is 223 Å². The van der Waals surface area contributed by atoms with Gasteiger partial charge in [-0.25, -0.2) is 4.79 Å². The van der Waals surface area contributed by atoms with E-state index in [1.807, 2.05) is 0 Å². The van der Waals surface area contributed by atoms with Gasteiger partial charge in [-0.1, -0.05) is 0 Å². The molecule has 0 aromatic rings. The van der Waals surface area contributed by atoms with Crippen molar-refractivity contribution >= 4 is 42.3 Å². The highest BCUT2D eigenvalue weighted by Crippen LogP contribution is 2.00. The minimum absolute atomic E-state index is 0.0987. The molecule has 0 unspecified atom stereocenters. The van der Waals surface area contributed by atoms with Crippen molar-refractivity contribution in [1.29, 1.82) is 0 Å². The molecule has 12 nitrogen and oxygen atoms in total. The number of thiol groups is 1. The van der Waals surface area contributed by atoms with Crippen LogP contribution in [-0.2, 0) is 19.2 Å². The van der Waals surface area contributed by atoms with Crippen LogP contribution in [0, 0.1) is 0 Å². The quantitative estimate of drug-likeness (QED) is 0.0724. The van der Waals surface area contributed by atoms with E-state index in [-0.39, 0.29) is 24.7 Å². The molecule has 0 aliphatic heterocycles. The lowest BCUT2D eigenvalue weighted by molar-refractivity contribution is -0.143. The number of hydrogen-bond donors (Lipinski definition) is 8. The molecular formula is C13H24N6O6S. The monoisotopic (exact) mass is 392 g/mol. The number of carboxylic acid groups (broad SMARTS) is 2. The average molecular weight is 392 g/mol. The Morgan fingerprint density at radius 2 is 1.62 bits per heavy atom. The Morgan fingerprint density at radius 1 is 1.04 bits per heavy atom. The van der Waals surface area contributed by atoms with Crippen LogP contribution >= 0.6 is 12.6 Å². The number of carbonyl (C=O) groups is 4. The van der Waals surface area contributed by atoms with Gasteiger partial charge in [0.15, 0.2) is 5.96 Å². The van der Waals surface area contributed by atoms with Crippen LogP contribution in [-0.4, -0.2) is 70.3 Å². The number of rotatable bonds is 12. The second kappa shape index (κ2) is 11.9. The van der Waals surface area contributed by atoms with Crippen LogP contribution < -0.4 is 27.8 Å². The summed E-state index contributed by atoms with van der Waals surface area (Å²) >= 11 is 3.78. The first-order valence-electron chi connectivity index (χ1n) is 7.55. The van der Waals surface area contributed by atoms with Crippen LogP contribution in [0.5, 0.6) is 0 Å². The maximum Gasteiger partial charge on any atom is 0.327 e. The van der Waals surface area contributed by atoms with Crippen molar-refractivity contribution in [2.24, 2.45) is 22.2 Å². The number of nitrogens with two attached hydrogens (primary N) is 3. The highest BCUT2D eigenvalue weighted by molar-refractivity contribution is 7.80. The van der Waals surface area contributed by atoms with Gasteiger partial charge in [-0.3, -0.25) is 19.4 Å². The van der Waals surface area contributed by atoms with Crippen molar-refractivity contribution < 1.29 is 29.4 Å². The Bertz CT molecular complexity index is 553. The van der Waals surface area contributed by atoms with Gasteiger partial charge >= 0.3 is 11.9 Å². The van der Waals surface area contributed by atoms with E-state index < -0.39 is 48.3 Å². The summed E-state index contributed by atoms with van der Waals surface area (Å²) in [6.45, 7) is 0.255. The molecule has 0 spiro atoms. The van der Waals surface area contributed by atoms with Gasteiger partial charge in [0.05, 0.1) is 12.5 Å². The predicted octanol–water partition coefficient (Wildman–Crippen LogP) is -3.17. The van der Waals surface area contributed by atoms with Crippen molar-refractivity contribution in [2.75, 3.05) is 12.3 Å². The highest BCUT2D eigenvalue weighted by atomic mass is 32.1. The molecule has 0 saturated heterocycles. The summed E-state index contributed by atoms with van der Waals surface area (Å²) in [5.74, 6) is -4.73. The first-order valence-corrected chi connectivity index (χ1v) is 8.18. The summed E-state index contributed by atoms with van der Waals surface area (Å²) in [6.07, 6.45) is -0.154. The molecule has 3 atom stereocenters. The van der Waals surface area contributed by atoms with Crippen LogP contribution in [0.25, 0.3) is 0 Å². The Balaban J connectivity index is 4.79. The molecule has 0 bridgehead atoms. The number of hydrogen-bond acceptors (Lipinski definition) is 7. The van der Waals surface area contributed by atoms with Crippen molar-refractivity contribution in [1.82, 2.24) is 10.6 Å². The third-order valence-electron chi connectivity index (χ3n) is 3.11. The predicted molar refractivity (Wildman–Crippen MR) is 95.5 cm³/mol. The Hall–Kier alpha value is -2.54. The molecule has 0 radical (unpaired) electrons. The van der Waals surface area contributed by atoms with E-state index in [9.17, 15) is 19.2 Å². The van der Waals surface area contributed by atoms with Crippen molar-refractivity contribution in [3.05, 3.63) is 0 Å². The number of carboxylic acids is 2. The summed E-state index contributed by atoms with van der Waals surface area (Å²) in [6, 6.07) is -3.83. The summed E-state index contributed by atoms with van der Waals surface area (Å²) in [5, 5.41) is 22.1. The zero-order valence-electron chi connectivity index (χ0n) is 13.9. The van der Waals surface area contributed by atoms with Crippen molar-refractivity contribution in [2.45, 2.75) is 37.4 Å². The van der Waals surface area contributed by atoms with Crippen LogP contribution in [0.3, 0.4) is 0 Å². The van der Waals surface area contributed by atoms with Crippen LogP contribution in [0.15, 0.2) is 4.99 Å². The lowest BCUT2D eigenvalue weighted by Crippen LogP contribution is -2.55. The number of nitrogens with one attached hydrogen (secondary N) is 2. The summed E-state index contributed by atoms with van der Waals surface area (Å²) in [7, 11) is 0. The lowest BCUT2D eigenvalue weighted by atomic mass is 10.1. The molecule has 0 saturated carbocycles. The fraction of sp³-hybridized carbons (Fsp3) is 0.615. The maximum absolute atomic E-state index is 12.1. The molecule has 0 fully saturated rings. The van der Waals surface area contributed by atoms with Crippen molar-refractivity contribution in [3.63, 3.8) is 0 Å². The number of carbonyl (C=O) groups excluding carboxylic acids is 2. The van der Waals surface area contributed by atoms with E-state index >= 15 is 0 Å².